The number of allylic oxidation sites excluding steroid dienone is 1. The highest BCUT2D eigenvalue weighted by Gasteiger charge is 2.28. The number of alkyl halides is 3. The molecule has 0 spiro atoms. The molecule has 5 heteroatoms. The van der Waals surface area contributed by atoms with E-state index in [2.05, 4.69) is 6.58 Å². The van der Waals surface area contributed by atoms with Crippen LogP contribution in [0.15, 0.2) is 67.3 Å². The first kappa shape index (κ1) is 19.0. The molecule has 0 heterocycles. The van der Waals surface area contributed by atoms with Crippen molar-refractivity contribution in [3.05, 3.63) is 78.6 Å². The summed E-state index contributed by atoms with van der Waals surface area (Å²) in [5, 5.41) is 1.52. The van der Waals surface area contributed by atoms with Crippen LogP contribution in [-0.2, 0) is 6.42 Å². The van der Waals surface area contributed by atoms with Crippen molar-refractivity contribution >= 4 is 10.8 Å². The van der Waals surface area contributed by atoms with Crippen LogP contribution in [0.2, 0.25) is 0 Å². The number of halogens is 4. The Hall–Kier alpha value is -2.82. The van der Waals surface area contributed by atoms with Gasteiger partial charge in [-0.3, -0.25) is 0 Å². The Morgan fingerprint density at radius 2 is 1.67 bits per heavy atom. The van der Waals surface area contributed by atoms with E-state index in [0.717, 1.165) is 29.2 Å². The lowest BCUT2D eigenvalue weighted by Gasteiger charge is -2.11. The lowest BCUT2D eigenvalue weighted by Crippen LogP contribution is -2.19. The molecule has 0 aromatic heterocycles. The molecule has 0 unspecified atom stereocenters. The SMILES string of the molecule is C=CCCc1ccc(-c2ccc3cc(OCC(F)(F)F)ccc3c2)c(F)c1. The molecule has 0 aliphatic carbocycles. The zero-order valence-electron chi connectivity index (χ0n) is 14.5. The van der Waals surface area contributed by atoms with Crippen molar-refractivity contribution in [2.75, 3.05) is 6.61 Å². The molecule has 0 aliphatic rings. The highest BCUT2D eigenvalue weighted by molar-refractivity contribution is 5.88. The van der Waals surface area contributed by atoms with E-state index < -0.39 is 12.8 Å². The summed E-state index contributed by atoms with van der Waals surface area (Å²) >= 11 is 0. The lowest BCUT2D eigenvalue weighted by molar-refractivity contribution is -0.153. The molecule has 3 aromatic carbocycles. The normalized spacial score (nSPS) is 11.6. The molecule has 0 saturated heterocycles. The molecular weight excluding hydrogens is 356 g/mol. The second-order valence-corrected chi connectivity index (χ2v) is 6.27. The van der Waals surface area contributed by atoms with Gasteiger partial charge in [0.05, 0.1) is 0 Å². The monoisotopic (exact) mass is 374 g/mol. The lowest BCUT2D eigenvalue weighted by atomic mass is 9.98. The predicted octanol–water partition coefficient (Wildman–Crippen LogP) is 6.71. The highest BCUT2D eigenvalue weighted by Crippen LogP contribution is 2.30. The molecule has 0 bridgehead atoms. The van der Waals surface area contributed by atoms with Gasteiger partial charge < -0.3 is 4.74 Å². The Labute approximate surface area is 154 Å². The van der Waals surface area contributed by atoms with Crippen molar-refractivity contribution in [2.45, 2.75) is 19.0 Å². The third-order valence-corrected chi connectivity index (χ3v) is 4.20. The zero-order chi connectivity index (χ0) is 19.4. The summed E-state index contributed by atoms with van der Waals surface area (Å²) in [6.45, 7) is 2.33. The van der Waals surface area contributed by atoms with Gasteiger partial charge in [-0.05, 0) is 59.0 Å². The molecule has 140 valence electrons. The van der Waals surface area contributed by atoms with E-state index >= 15 is 0 Å². The minimum Gasteiger partial charge on any atom is -0.484 e. The van der Waals surface area contributed by atoms with E-state index in [1.54, 1.807) is 36.4 Å². The minimum absolute atomic E-state index is 0.144. The molecule has 3 rings (SSSR count). The summed E-state index contributed by atoms with van der Waals surface area (Å²) < 4.78 is 56.0. The van der Waals surface area contributed by atoms with Crippen LogP contribution in [-0.4, -0.2) is 12.8 Å². The first-order valence-corrected chi connectivity index (χ1v) is 8.49. The fourth-order valence-electron chi connectivity index (χ4n) is 2.86. The maximum atomic E-state index is 14.5. The van der Waals surface area contributed by atoms with Crippen LogP contribution >= 0.6 is 0 Å². The summed E-state index contributed by atoms with van der Waals surface area (Å²) in [6.07, 6.45) is -1.07. The second kappa shape index (κ2) is 7.82. The van der Waals surface area contributed by atoms with E-state index in [9.17, 15) is 17.6 Å². The largest absolute Gasteiger partial charge is 0.484 e. The van der Waals surface area contributed by atoms with Crippen molar-refractivity contribution in [3.8, 4) is 16.9 Å². The number of ether oxygens (including phenoxy) is 1. The van der Waals surface area contributed by atoms with Gasteiger partial charge in [-0.25, -0.2) is 4.39 Å². The molecule has 0 saturated carbocycles. The van der Waals surface area contributed by atoms with Crippen LogP contribution in [0.25, 0.3) is 21.9 Å². The van der Waals surface area contributed by atoms with E-state index in [1.807, 2.05) is 12.1 Å². The van der Waals surface area contributed by atoms with Gasteiger partial charge in [0.15, 0.2) is 6.61 Å². The van der Waals surface area contributed by atoms with Crippen LogP contribution in [0.4, 0.5) is 17.6 Å². The first-order chi connectivity index (χ1) is 12.9. The molecule has 0 aliphatic heterocycles. The average Bonchev–Trinajstić information content (AvgIpc) is 2.63. The Bertz CT molecular complexity index is 960. The van der Waals surface area contributed by atoms with Crippen molar-refractivity contribution in [1.82, 2.24) is 0 Å². The quantitative estimate of drug-likeness (QED) is 0.344. The number of hydrogen-bond acceptors (Lipinski definition) is 1. The molecule has 0 fully saturated rings. The molecule has 0 N–H and O–H groups in total. The van der Waals surface area contributed by atoms with Crippen molar-refractivity contribution in [1.29, 1.82) is 0 Å². The summed E-state index contributed by atoms with van der Waals surface area (Å²) in [5.41, 5.74) is 2.10. The van der Waals surface area contributed by atoms with E-state index in [-0.39, 0.29) is 11.6 Å². The van der Waals surface area contributed by atoms with E-state index in [1.165, 1.54) is 12.1 Å². The summed E-state index contributed by atoms with van der Waals surface area (Å²) in [7, 11) is 0. The van der Waals surface area contributed by atoms with E-state index in [0.29, 0.717) is 11.1 Å². The molecule has 27 heavy (non-hydrogen) atoms. The average molecular weight is 374 g/mol. The third-order valence-electron chi connectivity index (χ3n) is 4.20. The van der Waals surface area contributed by atoms with E-state index in [4.69, 9.17) is 4.74 Å². The minimum atomic E-state index is -4.38. The Kier molecular flexibility index (Phi) is 5.49. The van der Waals surface area contributed by atoms with Gasteiger partial charge in [-0.2, -0.15) is 13.2 Å². The van der Waals surface area contributed by atoms with Crippen molar-refractivity contribution < 1.29 is 22.3 Å². The maximum Gasteiger partial charge on any atom is 0.422 e. The Balaban J connectivity index is 1.85. The molecule has 1 nitrogen and oxygen atoms in total. The third kappa shape index (κ3) is 4.88. The predicted molar refractivity (Wildman–Crippen MR) is 99.4 cm³/mol. The second-order valence-electron chi connectivity index (χ2n) is 6.27. The van der Waals surface area contributed by atoms with Gasteiger partial charge in [0.25, 0.3) is 0 Å². The van der Waals surface area contributed by atoms with Crippen molar-refractivity contribution in [3.63, 3.8) is 0 Å². The fraction of sp³-hybridized carbons (Fsp3) is 0.182. The molecular formula is C22H18F4O. The van der Waals surface area contributed by atoms with Gasteiger partial charge in [0.2, 0.25) is 0 Å². The fourth-order valence-corrected chi connectivity index (χ4v) is 2.86. The van der Waals surface area contributed by atoms with Crippen LogP contribution < -0.4 is 4.74 Å². The standard InChI is InChI=1S/C22H18F4O/c1-2-3-4-15-5-10-20(21(23)11-15)18-7-6-17-13-19(9-8-16(17)12-18)27-14-22(24,25)26/h2,5-13H,1,3-4,14H2. The summed E-state index contributed by atoms with van der Waals surface area (Å²) in [4.78, 5) is 0. The van der Waals surface area contributed by atoms with Gasteiger partial charge in [-0.15, -0.1) is 6.58 Å². The highest BCUT2D eigenvalue weighted by atomic mass is 19.4. The molecule has 0 atom stereocenters. The maximum absolute atomic E-state index is 14.5. The van der Waals surface area contributed by atoms with Crippen LogP contribution in [0, 0.1) is 5.82 Å². The smallest absolute Gasteiger partial charge is 0.422 e. The van der Waals surface area contributed by atoms with Gasteiger partial charge in [-0.1, -0.05) is 36.4 Å². The summed E-state index contributed by atoms with van der Waals surface area (Å²) in [6, 6.07) is 15.2. The number of hydrogen-bond donors (Lipinski definition) is 0. The molecule has 0 radical (unpaired) electrons. The van der Waals surface area contributed by atoms with Crippen LogP contribution in [0.3, 0.4) is 0 Å². The van der Waals surface area contributed by atoms with Crippen LogP contribution in [0.5, 0.6) is 5.75 Å². The van der Waals surface area contributed by atoms with Gasteiger partial charge in [0.1, 0.15) is 11.6 Å². The zero-order valence-corrected chi connectivity index (χ0v) is 14.5. The number of benzene rings is 3. The molecule has 0 amide bonds. The summed E-state index contributed by atoms with van der Waals surface area (Å²) in [5.74, 6) is -0.161. The Morgan fingerprint density at radius 3 is 2.37 bits per heavy atom. The van der Waals surface area contributed by atoms with Gasteiger partial charge in [0, 0.05) is 5.56 Å². The number of aryl methyl sites for hydroxylation is 1. The van der Waals surface area contributed by atoms with Crippen molar-refractivity contribution in [2.24, 2.45) is 0 Å². The molecule has 3 aromatic rings. The van der Waals surface area contributed by atoms with Crippen LogP contribution in [0.1, 0.15) is 12.0 Å². The Morgan fingerprint density at radius 1 is 0.926 bits per heavy atom. The first-order valence-electron chi connectivity index (χ1n) is 8.49. The van der Waals surface area contributed by atoms with Gasteiger partial charge >= 0.3 is 6.18 Å². The topological polar surface area (TPSA) is 9.23 Å². The number of rotatable bonds is 6. The number of fused-ring (bicyclic) bond motifs is 1.